The summed E-state index contributed by atoms with van der Waals surface area (Å²) in [5, 5.41) is 0. The number of halogens is 1. The molecular weight excluding hydrogens is 321 g/mol. The summed E-state index contributed by atoms with van der Waals surface area (Å²) in [6.07, 6.45) is 2.86. The van der Waals surface area contributed by atoms with Gasteiger partial charge in [-0.3, -0.25) is 4.79 Å². The van der Waals surface area contributed by atoms with Crippen molar-refractivity contribution in [2.75, 3.05) is 13.7 Å². The van der Waals surface area contributed by atoms with Crippen molar-refractivity contribution in [3.63, 3.8) is 0 Å². The Balaban J connectivity index is 1.64. The molecule has 0 bridgehead atoms. The number of hydrogen-bond donors (Lipinski definition) is 0. The van der Waals surface area contributed by atoms with E-state index in [9.17, 15) is 9.18 Å². The number of aromatic nitrogens is 2. The molecule has 0 fully saturated rings. The molecule has 6 heteroatoms. The smallest absolute Gasteiger partial charge is 0.223 e. The monoisotopic (exact) mass is 343 g/mol. The van der Waals surface area contributed by atoms with Crippen molar-refractivity contribution in [2.45, 2.75) is 38.8 Å². The van der Waals surface area contributed by atoms with Crippen LogP contribution in [0, 0.1) is 5.82 Å². The minimum atomic E-state index is -0.271. The zero-order valence-corrected chi connectivity index (χ0v) is 14.5. The fraction of sp³-hybridized carbons (Fsp3) is 0.421. The van der Waals surface area contributed by atoms with Gasteiger partial charge in [-0.25, -0.2) is 14.4 Å². The Hall–Kier alpha value is -2.34. The molecule has 1 aromatic heterocycles. The summed E-state index contributed by atoms with van der Waals surface area (Å²) in [6, 6.07) is 6.45. The third kappa shape index (κ3) is 4.20. The molecule has 0 radical (unpaired) electrons. The Morgan fingerprint density at radius 1 is 1.44 bits per heavy atom. The van der Waals surface area contributed by atoms with E-state index in [0.29, 0.717) is 38.4 Å². The average molecular weight is 343 g/mol. The number of benzene rings is 1. The molecule has 0 spiro atoms. The molecule has 1 aliphatic heterocycles. The molecule has 0 saturated heterocycles. The zero-order chi connectivity index (χ0) is 17.8. The number of amides is 1. The second kappa shape index (κ2) is 7.70. The first-order chi connectivity index (χ1) is 12.1. The third-order valence-corrected chi connectivity index (χ3v) is 4.51. The van der Waals surface area contributed by atoms with Gasteiger partial charge in [0.15, 0.2) is 5.82 Å². The van der Waals surface area contributed by atoms with Crippen LogP contribution in [0.1, 0.15) is 41.9 Å². The van der Waals surface area contributed by atoms with E-state index in [-0.39, 0.29) is 17.6 Å². The lowest BCUT2D eigenvalue weighted by molar-refractivity contribution is -0.132. The van der Waals surface area contributed by atoms with Crippen molar-refractivity contribution in [3.05, 3.63) is 58.9 Å². The minimum Gasteiger partial charge on any atom is -0.377 e. The molecule has 25 heavy (non-hydrogen) atoms. The van der Waals surface area contributed by atoms with Crippen molar-refractivity contribution >= 4 is 5.91 Å². The second-order valence-electron chi connectivity index (χ2n) is 6.42. The molecule has 0 N–H and O–H groups in total. The van der Waals surface area contributed by atoms with Gasteiger partial charge in [-0.15, -0.1) is 0 Å². The van der Waals surface area contributed by atoms with E-state index in [1.54, 1.807) is 19.4 Å². The van der Waals surface area contributed by atoms with Gasteiger partial charge in [-0.05, 0) is 23.6 Å². The first-order valence-corrected chi connectivity index (χ1v) is 8.42. The zero-order valence-electron chi connectivity index (χ0n) is 14.5. The van der Waals surface area contributed by atoms with Crippen molar-refractivity contribution in [1.82, 2.24) is 14.9 Å². The molecule has 132 valence electrons. The molecule has 1 aromatic carbocycles. The van der Waals surface area contributed by atoms with Crippen LogP contribution in [0.3, 0.4) is 0 Å². The lowest BCUT2D eigenvalue weighted by Gasteiger charge is -2.29. The van der Waals surface area contributed by atoms with Crippen LogP contribution < -0.4 is 0 Å². The van der Waals surface area contributed by atoms with Crippen molar-refractivity contribution in [2.24, 2.45) is 0 Å². The Labute approximate surface area is 146 Å². The molecule has 1 unspecified atom stereocenters. The standard InChI is InChI=1S/C19H22FN3O2/c1-13(14-4-3-5-16(20)9-14)8-19(24)23-7-6-17-15(11-23)10-21-18(22-17)12-25-2/h3-5,9-10,13H,6-8,11-12H2,1-2H3. The molecule has 1 amide bonds. The van der Waals surface area contributed by atoms with Crippen LogP contribution in [-0.4, -0.2) is 34.4 Å². The van der Waals surface area contributed by atoms with E-state index in [1.807, 2.05) is 17.9 Å². The number of fused-ring (bicyclic) bond motifs is 1. The Morgan fingerprint density at radius 2 is 2.28 bits per heavy atom. The van der Waals surface area contributed by atoms with Gasteiger partial charge in [0.05, 0.1) is 5.69 Å². The van der Waals surface area contributed by atoms with Gasteiger partial charge < -0.3 is 9.64 Å². The van der Waals surface area contributed by atoms with Gasteiger partial charge in [0, 0.05) is 44.8 Å². The number of nitrogens with zero attached hydrogens (tertiary/aromatic N) is 3. The lowest BCUT2D eigenvalue weighted by atomic mass is 9.96. The summed E-state index contributed by atoms with van der Waals surface area (Å²) < 4.78 is 18.4. The summed E-state index contributed by atoms with van der Waals surface area (Å²) >= 11 is 0. The largest absolute Gasteiger partial charge is 0.377 e. The van der Waals surface area contributed by atoms with Crippen molar-refractivity contribution < 1.29 is 13.9 Å². The molecule has 1 aliphatic rings. The van der Waals surface area contributed by atoms with Gasteiger partial charge in [0.2, 0.25) is 5.91 Å². The average Bonchev–Trinajstić information content (AvgIpc) is 2.61. The van der Waals surface area contributed by atoms with Crippen molar-refractivity contribution in [1.29, 1.82) is 0 Å². The summed E-state index contributed by atoms with van der Waals surface area (Å²) in [5.74, 6) is 0.446. The summed E-state index contributed by atoms with van der Waals surface area (Å²) in [7, 11) is 1.61. The van der Waals surface area contributed by atoms with E-state index < -0.39 is 0 Å². The van der Waals surface area contributed by atoms with Gasteiger partial charge in [0.25, 0.3) is 0 Å². The maximum atomic E-state index is 13.4. The summed E-state index contributed by atoms with van der Waals surface area (Å²) in [6.45, 7) is 3.51. The molecule has 2 heterocycles. The molecular formula is C19H22FN3O2. The van der Waals surface area contributed by atoms with E-state index in [2.05, 4.69) is 9.97 Å². The molecule has 3 rings (SSSR count). The van der Waals surface area contributed by atoms with Gasteiger partial charge in [-0.1, -0.05) is 19.1 Å². The van der Waals surface area contributed by atoms with E-state index in [4.69, 9.17) is 4.74 Å². The van der Waals surface area contributed by atoms with Crippen LogP contribution in [-0.2, 0) is 29.1 Å². The van der Waals surface area contributed by atoms with Crippen LogP contribution in [0.4, 0.5) is 4.39 Å². The normalized spacial score (nSPS) is 14.9. The second-order valence-corrected chi connectivity index (χ2v) is 6.42. The van der Waals surface area contributed by atoms with Crippen LogP contribution in [0.15, 0.2) is 30.5 Å². The predicted octanol–water partition coefficient (Wildman–Crippen LogP) is 2.84. The van der Waals surface area contributed by atoms with E-state index >= 15 is 0 Å². The number of carbonyl (C=O) groups excluding carboxylic acids is 1. The Kier molecular flexibility index (Phi) is 5.38. The first-order valence-electron chi connectivity index (χ1n) is 8.42. The molecule has 1 atom stereocenters. The topological polar surface area (TPSA) is 55.3 Å². The highest BCUT2D eigenvalue weighted by atomic mass is 19.1. The highest BCUT2D eigenvalue weighted by molar-refractivity contribution is 5.77. The number of hydrogen-bond acceptors (Lipinski definition) is 4. The SMILES string of the molecule is COCc1ncc2c(n1)CCN(C(=O)CC(C)c1cccc(F)c1)C2. The fourth-order valence-electron chi connectivity index (χ4n) is 3.09. The molecule has 0 aliphatic carbocycles. The summed E-state index contributed by atoms with van der Waals surface area (Å²) in [4.78, 5) is 23.2. The lowest BCUT2D eigenvalue weighted by Crippen LogP contribution is -2.37. The number of carbonyl (C=O) groups is 1. The molecule has 2 aromatic rings. The maximum absolute atomic E-state index is 13.4. The fourth-order valence-corrected chi connectivity index (χ4v) is 3.09. The van der Waals surface area contributed by atoms with Crippen LogP contribution >= 0.6 is 0 Å². The van der Waals surface area contributed by atoms with Crippen molar-refractivity contribution in [3.8, 4) is 0 Å². The third-order valence-electron chi connectivity index (χ3n) is 4.51. The first kappa shape index (κ1) is 17.5. The van der Waals surface area contributed by atoms with Crippen LogP contribution in [0.5, 0.6) is 0 Å². The van der Waals surface area contributed by atoms with E-state index in [1.165, 1.54) is 12.1 Å². The highest BCUT2D eigenvalue weighted by Crippen LogP contribution is 2.23. The number of rotatable bonds is 5. The van der Waals surface area contributed by atoms with Crippen LogP contribution in [0.25, 0.3) is 0 Å². The van der Waals surface area contributed by atoms with Gasteiger partial charge in [-0.2, -0.15) is 0 Å². The van der Waals surface area contributed by atoms with Gasteiger partial charge >= 0.3 is 0 Å². The minimum absolute atomic E-state index is 0.0232. The molecule has 0 saturated carbocycles. The van der Waals surface area contributed by atoms with Crippen LogP contribution in [0.2, 0.25) is 0 Å². The molecule has 5 nitrogen and oxygen atoms in total. The maximum Gasteiger partial charge on any atom is 0.223 e. The number of ether oxygens (including phenoxy) is 1. The van der Waals surface area contributed by atoms with E-state index in [0.717, 1.165) is 16.8 Å². The predicted molar refractivity (Wildman–Crippen MR) is 91.3 cm³/mol. The number of methoxy groups -OCH3 is 1. The summed E-state index contributed by atoms with van der Waals surface area (Å²) in [5.41, 5.74) is 2.82. The Morgan fingerprint density at radius 3 is 3.04 bits per heavy atom. The quantitative estimate of drug-likeness (QED) is 0.838. The highest BCUT2D eigenvalue weighted by Gasteiger charge is 2.24. The Bertz CT molecular complexity index is 766. The van der Waals surface area contributed by atoms with Gasteiger partial charge in [0.1, 0.15) is 12.4 Å².